The number of aryl methyl sites for hydroxylation is 1. The first-order chi connectivity index (χ1) is 16.2. The number of hydrogen-bond acceptors (Lipinski definition) is 6. The Bertz CT molecular complexity index is 1530. The summed E-state index contributed by atoms with van der Waals surface area (Å²) in [6, 6.07) is 8.48. The zero-order valence-electron chi connectivity index (χ0n) is 18.2. The van der Waals surface area contributed by atoms with E-state index in [1.165, 1.54) is 35.0 Å². The molecule has 170 valence electrons. The highest BCUT2D eigenvalue weighted by Gasteiger charge is 2.25. The Balaban J connectivity index is 1.78. The number of phenols is 1. The number of fused-ring (bicyclic) bond motifs is 1. The molecular formula is C24H19FN6O3. The van der Waals surface area contributed by atoms with Gasteiger partial charge < -0.3 is 21.9 Å². The molecule has 2 amide bonds. The van der Waals surface area contributed by atoms with Crippen LogP contribution < -0.4 is 16.8 Å². The summed E-state index contributed by atoms with van der Waals surface area (Å²) in [6.07, 6.45) is 1.33. The Hall–Kier alpha value is -4.91. The van der Waals surface area contributed by atoms with E-state index in [1.54, 1.807) is 19.1 Å². The van der Waals surface area contributed by atoms with Gasteiger partial charge in [0.15, 0.2) is 5.65 Å². The summed E-state index contributed by atoms with van der Waals surface area (Å²) in [6.45, 7) is 3.53. The summed E-state index contributed by atoms with van der Waals surface area (Å²) < 4.78 is 14.5. The van der Waals surface area contributed by atoms with Gasteiger partial charge in [0.2, 0.25) is 0 Å². The lowest BCUT2D eigenvalue weighted by Gasteiger charge is -2.15. The summed E-state index contributed by atoms with van der Waals surface area (Å²) in [7, 11) is 0. The van der Waals surface area contributed by atoms with Crippen LogP contribution in [0.15, 0.2) is 42.6 Å². The van der Waals surface area contributed by atoms with Crippen molar-refractivity contribution in [3.8, 4) is 23.3 Å². The minimum Gasteiger partial charge on any atom is -0.508 e. The smallest absolute Gasteiger partial charge is 0.300 e. The van der Waals surface area contributed by atoms with Crippen molar-refractivity contribution < 1.29 is 19.1 Å². The highest BCUT2D eigenvalue weighted by molar-refractivity contribution is 6.09. The SMILES string of the molecule is Cc1ccc(O)c(C)c1-n1c(N)c(C(N)=O)c2nc(C#CC(=O)Nc3ccc(F)cc3)cnc21. The van der Waals surface area contributed by atoms with Gasteiger partial charge in [0.25, 0.3) is 5.91 Å². The van der Waals surface area contributed by atoms with Crippen molar-refractivity contribution in [2.24, 2.45) is 5.73 Å². The number of nitrogens with zero attached hydrogens (tertiary/aromatic N) is 3. The lowest BCUT2D eigenvalue weighted by Crippen LogP contribution is -2.14. The molecule has 0 radical (unpaired) electrons. The van der Waals surface area contributed by atoms with E-state index >= 15 is 0 Å². The molecule has 0 saturated heterocycles. The second-order valence-electron chi connectivity index (χ2n) is 7.47. The van der Waals surface area contributed by atoms with E-state index in [-0.39, 0.29) is 34.0 Å². The van der Waals surface area contributed by atoms with Gasteiger partial charge in [-0.2, -0.15) is 0 Å². The summed E-state index contributed by atoms with van der Waals surface area (Å²) in [5.41, 5.74) is 14.5. The molecule has 0 saturated carbocycles. The fourth-order valence-corrected chi connectivity index (χ4v) is 3.58. The molecule has 9 nitrogen and oxygen atoms in total. The van der Waals surface area contributed by atoms with Crippen molar-refractivity contribution in [3.05, 3.63) is 70.8 Å². The third kappa shape index (κ3) is 3.98. The van der Waals surface area contributed by atoms with Crippen LogP contribution in [0.3, 0.4) is 0 Å². The maximum absolute atomic E-state index is 13.0. The minimum absolute atomic E-state index is 0.0125. The standard InChI is InChI=1S/C24H19FN6O3/c1-12-3-9-17(32)13(2)21(12)31-22(26)19(23(27)34)20-24(31)28-11-16(30-20)8-10-18(33)29-15-6-4-14(25)5-7-15/h3-7,9,11,32H,26H2,1-2H3,(H2,27,34)(H,29,33). The average Bonchev–Trinajstić information content (AvgIpc) is 3.08. The molecule has 2 aromatic carbocycles. The van der Waals surface area contributed by atoms with Crippen molar-refractivity contribution in [1.82, 2.24) is 14.5 Å². The first kappa shape index (κ1) is 22.3. The molecule has 0 spiro atoms. The summed E-state index contributed by atoms with van der Waals surface area (Å²) in [5.74, 6) is 3.12. The predicted octanol–water partition coefficient (Wildman–Crippen LogP) is 2.55. The van der Waals surface area contributed by atoms with Gasteiger partial charge in [0, 0.05) is 17.2 Å². The molecule has 2 aromatic heterocycles. The molecule has 6 N–H and O–H groups in total. The van der Waals surface area contributed by atoms with E-state index in [0.29, 0.717) is 16.9 Å². The number of nitrogen functional groups attached to an aromatic ring is 1. The number of rotatable bonds is 3. The summed E-state index contributed by atoms with van der Waals surface area (Å²) in [4.78, 5) is 33.0. The Labute approximate surface area is 193 Å². The number of anilines is 2. The van der Waals surface area contributed by atoms with Crippen molar-refractivity contribution in [2.45, 2.75) is 13.8 Å². The number of benzene rings is 2. The maximum atomic E-state index is 13.0. The first-order valence-electron chi connectivity index (χ1n) is 10.0. The molecule has 0 atom stereocenters. The van der Waals surface area contributed by atoms with E-state index in [0.717, 1.165) is 5.56 Å². The van der Waals surface area contributed by atoms with Crippen LogP contribution in [-0.4, -0.2) is 31.5 Å². The largest absolute Gasteiger partial charge is 0.508 e. The second kappa shape index (κ2) is 8.55. The van der Waals surface area contributed by atoms with E-state index in [1.807, 2.05) is 6.92 Å². The number of carbonyl (C=O) groups is 2. The normalized spacial score (nSPS) is 10.6. The molecule has 34 heavy (non-hydrogen) atoms. The van der Waals surface area contributed by atoms with Crippen molar-refractivity contribution >= 4 is 34.5 Å². The van der Waals surface area contributed by atoms with Gasteiger partial charge in [0.1, 0.15) is 34.2 Å². The van der Waals surface area contributed by atoms with Gasteiger partial charge in [-0.1, -0.05) is 6.07 Å². The Morgan fingerprint density at radius 3 is 2.53 bits per heavy atom. The Morgan fingerprint density at radius 1 is 1.15 bits per heavy atom. The topological polar surface area (TPSA) is 149 Å². The number of aromatic hydroxyl groups is 1. The third-order valence-electron chi connectivity index (χ3n) is 5.18. The molecule has 10 heteroatoms. The molecule has 0 unspecified atom stereocenters. The van der Waals surface area contributed by atoms with Gasteiger partial charge in [-0.05, 0) is 55.7 Å². The molecule has 0 bridgehead atoms. The van der Waals surface area contributed by atoms with E-state index in [4.69, 9.17) is 11.5 Å². The van der Waals surface area contributed by atoms with Crippen molar-refractivity contribution in [3.63, 3.8) is 0 Å². The quantitative estimate of drug-likeness (QED) is 0.347. The highest BCUT2D eigenvalue weighted by atomic mass is 19.1. The summed E-state index contributed by atoms with van der Waals surface area (Å²) >= 11 is 0. The second-order valence-corrected chi connectivity index (χ2v) is 7.47. The fourth-order valence-electron chi connectivity index (χ4n) is 3.58. The number of carbonyl (C=O) groups excluding carboxylic acids is 2. The van der Waals surface area contributed by atoms with Gasteiger partial charge >= 0.3 is 5.91 Å². The van der Waals surface area contributed by atoms with Gasteiger partial charge in [-0.25, -0.2) is 14.4 Å². The Morgan fingerprint density at radius 2 is 1.85 bits per heavy atom. The van der Waals surface area contributed by atoms with E-state index in [2.05, 4.69) is 27.1 Å². The molecule has 0 aliphatic carbocycles. The van der Waals surface area contributed by atoms with Crippen LogP contribution in [0.4, 0.5) is 15.9 Å². The average molecular weight is 458 g/mol. The van der Waals surface area contributed by atoms with Crippen LogP contribution in [0.5, 0.6) is 5.75 Å². The zero-order chi connectivity index (χ0) is 24.6. The van der Waals surface area contributed by atoms with Crippen LogP contribution in [0.25, 0.3) is 16.9 Å². The van der Waals surface area contributed by atoms with Gasteiger partial charge in [-0.15, -0.1) is 0 Å². The third-order valence-corrected chi connectivity index (χ3v) is 5.18. The van der Waals surface area contributed by atoms with E-state index in [9.17, 15) is 19.1 Å². The number of halogens is 1. The number of primary amides is 1. The number of phenolic OH excluding ortho intramolecular Hbond substituents is 1. The molecule has 0 aliphatic heterocycles. The van der Waals surface area contributed by atoms with Crippen LogP contribution in [0.1, 0.15) is 27.2 Å². The molecule has 4 rings (SSSR count). The van der Waals surface area contributed by atoms with Gasteiger partial charge in [0.05, 0.1) is 11.9 Å². The van der Waals surface area contributed by atoms with Crippen molar-refractivity contribution in [1.29, 1.82) is 0 Å². The molecule has 2 heterocycles. The predicted molar refractivity (Wildman–Crippen MR) is 125 cm³/mol. The highest BCUT2D eigenvalue weighted by Crippen LogP contribution is 2.34. The Kier molecular flexibility index (Phi) is 5.61. The first-order valence-corrected chi connectivity index (χ1v) is 10.0. The lowest BCUT2D eigenvalue weighted by atomic mass is 10.1. The minimum atomic E-state index is -0.815. The van der Waals surface area contributed by atoms with Crippen LogP contribution in [-0.2, 0) is 4.79 Å². The number of amides is 2. The summed E-state index contributed by atoms with van der Waals surface area (Å²) in [5, 5.41) is 12.7. The monoisotopic (exact) mass is 458 g/mol. The number of hydrogen-bond donors (Lipinski definition) is 4. The van der Waals surface area contributed by atoms with E-state index < -0.39 is 17.6 Å². The lowest BCUT2D eigenvalue weighted by molar-refractivity contribution is -0.111. The number of nitrogens with two attached hydrogens (primary N) is 2. The molecule has 0 fully saturated rings. The fraction of sp³-hybridized carbons (Fsp3) is 0.0833. The van der Waals surface area contributed by atoms with Gasteiger partial charge in [-0.3, -0.25) is 14.2 Å². The van der Waals surface area contributed by atoms with Crippen molar-refractivity contribution in [2.75, 3.05) is 11.1 Å². The molecular weight excluding hydrogens is 439 g/mol. The number of nitrogens with one attached hydrogen (secondary N) is 1. The maximum Gasteiger partial charge on any atom is 0.300 e. The zero-order valence-corrected chi connectivity index (χ0v) is 18.2. The van der Waals surface area contributed by atoms with Crippen LogP contribution in [0, 0.1) is 31.5 Å². The molecule has 0 aliphatic rings. The van der Waals surface area contributed by atoms with Crippen LogP contribution in [0.2, 0.25) is 0 Å². The van der Waals surface area contributed by atoms with Crippen LogP contribution >= 0.6 is 0 Å². The number of aromatic nitrogens is 3. The molecule has 4 aromatic rings.